The van der Waals surface area contributed by atoms with Gasteiger partial charge in [-0.25, -0.2) is 0 Å². The van der Waals surface area contributed by atoms with Crippen LogP contribution in [-0.4, -0.2) is 28.5 Å². The predicted molar refractivity (Wildman–Crippen MR) is 57.2 cm³/mol. The molecule has 0 spiro atoms. The summed E-state index contributed by atoms with van der Waals surface area (Å²) in [5.74, 6) is -1.19. The molecule has 0 aromatic carbocycles. The molecule has 0 aliphatic rings. The summed E-state index contributed by atoms with van der Waals surface area (Å²) >= 11 is 10.9. The van der Waals surface area contributed by atoms with Crippen LogP contribution in [0.15, 0.2) is 0 Å². The average Bonchev–Trinajstić information content (AvgIpc) is 2.11. The molecule has 0 aromatic rings. The van der Waals surface area contributed by atoms with Gasteiger partial charge in [0.15, 0.2) is 0 Å². The van der Waals surface area contributed by atoms with Crippen LogP contribution in [0.3, 0.4) is 0 Å². The summed E-state index contributed by atoms with van der Waals surface area (Å²) in [6.07, 6.45) is 1.74. The molecule has 0 saturated heterocycles. The van der Waals surface area contributed by atoms with Crippen molar-refractivity contribution in [3.8, 4) is 0 Å². The third-order valence-corrected chi connectivity index (χ3v) is 2.06. The maximum absolute atomic E-state index is 11.0. The Kier molecular flexibility index (Phi) is 8.52. The van der Waals surface area contributed by atoms with Crippen LogP contribution in [-0.2, 0) is 14.3 Å². The molecule has 1 N–H and O–H groups in total. The van der Waals surface area contributed by atoms with Crippen molar-refractivity contribution in [2.45, 2.75) is 36.9 Å². The van der Waals surface area contributed by atoms with Crippen LogP contribution in [0.25, 0.3) is 0 Å². The molecular weight excluding hydrogens is 243 g/mol. The predicted octanol–water partition coefficient (Wildman–Crippen LogP) is 2.37. The molecule has 6 heteroatoms. The number of carboxylic acid groups (broad SMARTS) is 1. The SMILES string of the molecule is O=C(O)CCCCC(=O)OCCC(Cl)Cl. The van der Waals surface area contributed by atoms with Gasteiger partial charge >= 0.3 is 11.9 Å². The first-order valence-electron chi connectivity index (χ1n) is 4.68. The topological polar surface area (TPSA) is 63.6 Å². The molecule has 0 aliphatic heterocycles. The second kappa shape index (κ2) is 8.80. The monoisotopic (exact) mass is 256 g/mol. The minimum atomic E-state index is -0.851. The molecule has 0 rings (SSSR count). The Balaban J connectivity index is 3.30. The lowest BCUT2D eigenvalue weighted by Gasteiger charge is -2.04. The van der Waals surface area contributed by atoms with Gasteiger partial charge in [0.2, 0.25) is 0 Å². The van der Waals surface area contributed by atoms with Gasteiger partial charge in [0.25, 0.3) is 0 Å². The van der Waals surface area contributed by atoms with Crippen molar-refractivity contribution in [3.63, 3.8) is 0 Å². The van der Waals surface area contributed by atoms with Crippen molar-refractivity contribution < 1.29 is 19.4 Å². The van der Waals surface area contributed by atoms with E-state index in [9.17, 15) is 9.59 Å². The van der Waals surface area contributed by atoms with E-state index in [4.69, 9.17) is 33.0 Å². The molecule has 0 aromatic heterocycles. The number of carbonyl (C=O) groups is 2. The molecule has 0 bridgehead atoms. The third kappa shape index (κ3) is 11.4. The Morgan fingerprint density at radius 2 is 1.80 bits per heavy atom. The second-order valence-corrected chi connectivity index (χ2v) is 4.28. The Labute approximate surface area is 98.5 Å². The highest BCUT2D eigenvalue weighted by atomic mass is 35.5. The first-order chi connectivity index (χ1) is 7.02. The minimum Gasteiger partial charge on any atom is -0.481 e. The summed E-state index contributed by atoms with van der Waals surface area (Å²) in [4.78, 5) is 20.6. The van der Waals surface area contributed by atoms with E-state index in [-0.39, 0.29) is 25.4 Å². The zero-order valence-corrected chi connectivity index (χ0v) is 9.76. The van der Waals surface area contributed by atoms with Gasteiger partial charge in [0.1, 0.15) is 4.84 Å². The maximum atomic E-state index is 11.0. The van der Waals surface area contributed by atoms with Crippen LogP contribution in [0.2, 0.25) is 0 Å². The van der Waals surface area contributed by atoms with E-state index in [1.807, 2.05) is 0 Å². The second-order valence-electron chi connectivity index (χ2n) is 3.00. The van der Waals surface area contributed by atoms with E-state index in [0.29, 0.717) is 19.3 Å². The van der Waals surface area contributed by atoms with E-state index in [2.05, 4.69) is 0 Å². The van der Waals surface area contributed by atoms with Crippen LogP contribution in [0.5, 0.6) is 0 Å². The summed E-state index contributed by atoms with van der Waals surface area (Å²) in [6, 6.07) is 0. The fourth-order valence-electron chi connectivity index (χ4n) is 0.880. The normalized spacial score (nSPS) is 10.3. The summed E-state index contributed by atoms with van der Waals surface area (Å²) in [5, 5.41) is 8.34. The van der Waals surface area contributed by atoms with Crippen molar-refractivity contribution in [2.24, 2.45) is 0 Å². The van der Waals surface area contributed by atoms with E-state index >= 15 is 0 Å². The number of rotatable bonds is 8. The zero-order valence-electron chi connectivity index (χ0n) is 8.25. The van der Waals surface area contributed by atoms with Crippen LogP contribution in [0, 0.1) is 0 Å². The fraction of sp³-hybridized carbons (Fsp3) is 0.778. The number of aliphatic carboxylic acids is 1. The third-order valence-electron chi connectivity index (χ3n) is 1.62. The van der Waals surface area contributed by atoms with Gasteiger partial charge in [-0.15, -0.1) is 23.2 Å². The first-order valence-corrected chi connectivity index (χ1v) is 5.55. The number of carboxylic acids is 1. The van der Waals surface area contributed by atoms with Gasteiger partial charge in [-0.3, -0.25) is 9.59 Å². The van der Waals surface area contributed by atoms with Crippen LogP contribution >= 0.6 is 23.2 Å². The van der Waals surface area contributed by atoms with Crippen molar-refractivity contribution >= 4 is 35.1 Å². The highest BCUT2D eigenvalue weighted by Crippen LogP contribution is 2.07. The Bertz CT molecular complexity index is 206. The Hall–Kier alpha value is -0.480. The van der Waals surface area contributed by atoms with Crippen LogP contribution < -0.4 is 0 Å². The molecule has 0 amide bonds. The van der Waals surface area contributed by atoms with Gasteiger partial charge in [-0.1, -0.05) is 0 Å². The first kappa shape index (κ1) is 14.5. The van der Waals surface area contributed by atoms with Crippen molar-refractivity contribution in [1.82, 2.24) is 0 Å². The van der Waals surface area contributed by atoms with Crippen LogP contribution in [0.4, 0.5) is 0 Å². The van der Waals surface area contributed by atoms with Gasteiger partial charge in [0.05, 0.1) is 6.61 Å². The molecule has 0 heterocycles. The summed E-state index contributed by atoms with van der Waals surface area (Å²) in [5.41, 5.74) is 0. The molecule has 15 heavy (non-hydrogen) atoms. The van der Waals surface area contributed by atoms with Gasteiger partial charge in [-0.05, 0) is 12.8 Å². The smallest absolute Gasteiger partial charge is 0.305 e. The molecule has 0 unspecified atom stereocenters. The molecule has 0 saturated carbocycles. The number of halogens is 2. The fourth-order valence-corrected chi connectivity index (χ4v) is 1.06. The largest absolute Gasteiger partial charge is 0.481 e. The number of hydrogen-bond donors (Lipinski definition) is 1. The molecule has 4 nitrogen and oxygen atoms in total. The highest BCUT2D eigenvalue weighted by Gasteiger charge is 2.05. The Morgan fingerprint density at radius 3 is 2.33 bits per heavy atom. The number of carbonyl (C=O) groups excluding carboxylic acids is 1. The molecule has 0 fully saturated rings. The molecule has 0 aliphatic carbocycles. The number of alkyl halides is 2. The lowest BCUT2D eigenvalue weighted by molar-refractivity contribution is -0.144. The van der Waals surface area contributed by atoms with Gasteiger partial charge < -0.3 is 9.84 Å². The van der Waals surface area contributed by atoms with E-state index < -0.39 is 10.8 Å². The maximum Gasteiger partial charge on any atom is 0.305 e. The zero-order chi connectivity index (χ0) is 11.7. The van der Waals surface area contributed by atoms with E-state index in [0.717, 1.165) is 0 Å². The number of hydrogen-bond acceptors (Lipinski definition) is 3. The lowest BCUT2D eigenvalue weighted by atomic mass is 10.2. The van der Waals surface area contributed by atoms with E-state index in [1.165, 1.54) is 0 Å². The van der Waals surface area contributed by atoms with E-state index in [1.54, 1.807) is 0 Å². The average molecular weight is 257 g/mol. The summed E-state index contributed by atoms with van der Waals surface area (Å²) in [7, 11) is 0. The quantitative estimate of drug-likeness (QED) is 0.412. The minimum absolute atomic E-state index is 0.0821. The van der Waals surface area contributed by atoms with Crippen molar-refractivity contribution in [2.75, 3.05) is 6.61 Å². The summed E-state index contributed by atoms with van der Waals surface area (Å²) in [6.45, 7) is 0.204. The summed E-state index contributed by atoms with van der Waals surface area (Å²) < 4.78 is 4.80. The molecule has 0 atom stereocenters. The molecule has 88 valence electrons. The standard InChI is InChI=1S/C9H14Cl2O4/c10-7(11)5-6-15-9(14)4-2-1-3-8(12)13/h7H,1-6H2,(H,12,13). The molecular formula is C9H14Cl2O4. The van der Waals surface area contributed by atoms with Crippen molar-refractivity contribution in [3.05, 3.63) is 0 Å². The number of unbranched alkanes of at least 4 members (excludes halogenated alkanes) is 1. The van der Waals surface area contributed by atoms with Gasteiger partial charge in [0, 0.05) is 19.3 Å². The van der Waals surface area contributed by atoms with Gasteiger partial charge in [-0.2, -0.15) is 0 Å². The Morgan fingerprint density at radius 1 is 1.20 bits per heavy atom. The highest BCUT2D eigenvalue weighted by molar-refractivity contribution is 6.44. The number of esters is 1. The number of ether oxygens (including phenoxy) is 1. The van der Waals surface area contributed by atoms with Crippen molar-refractivity contribution in [1.29, 1.82) is 0 Å². The lowest BCUT2D eigenvalue weighted by Crippen LogP contribution is -2.07. The van der Waals surface area contributed by atoms with Crippen LogP contribution in [0.1, 0.15) is 32.1 Å². The molecule has 0 radical (unpaired) electrons.